The third kappa shape index (κ3) is 4.21. The first-order valence-corrected chi connectivity index (χ1v) is 9.33. The highest BCUT2D eigenvalue weighted by Gasteiger charge is 2.26. The Kier molecular flexibility index (Phi) is 6.07. The van der Waals surface area contributed by atoms with Crippen LogP contribution in [0.1, 0.15) is 18.1 Å². The van der Waals surface area contributed by atoms with Gasteiger partial charge in [0.25, 0.3) is 0 Å². The summed E-state index contributed by atoms with van der Waals surface area (Å²) in [6.45, 7) is 1.86. The summed E-state index contributed by atoms with van der Waals surface area (Å²) in [4.78, 5) is 17.9. The molecule has 8 heteroatoms. The molecule has 0 fully saturated rings. The fourth-order valence-corrected chi connectivity index (χ4v) is 3.25. The highest BCUT2D eigenvalue weighted by Crippen LogP contribution is 2.31. The normalized spacial score (nSPS) is 15.9. The number of nitrogens with one attached hydrogen (secondary N) is 1. The van der Waals surface area contributed by atoms with E-state index in [1.54, 1.807) is 17.9 Å². The summed E-state index contributed by atoms with van der Waals surface area (Å²) in [6.07, 6.45) is -0.448. The van der Waals surface area contributed by atoms with Gasteiger partial charge in [-0.15, -0.1) is 9.24 Å². The largest absolute Gasteiger partial charge is 0.482 e. The number of nitrogens with zero attached hydrogens (tertiary/aromatic N) is 2. The van der Waals surface area contributed by atoms with Gasteiger partial charge in [0.1, 0.15) is 11.9 Å². The number of hydrogen-bond acceptors (Lipinski definition) is 6. The van der Waals surface area contributed by atoms with Crippen molar-refractivity contribution < 1.29 is 14.3 Å². The number of hydrogen-bond donors (Lipinski definition) is 2. The molecule has 3 N–H and O–H groups in total. The number of amidine groups is 1. The molecule has 1 aliphatic heterocycles. The van der Waals surface area contributed by atoms with Crippen molar-refractivity contribution in [3.63, 3.8) is 0 Å². The number of nitrogens with two attached hydrogens (primary N) is 1. The summed E-state index contributed by atoms with van der Waals surface area (Å²) >= 11 is 0. The van der Waals surface area contributed by atoms with Crippen LogP contribution in [0.15, 0.2) is 47.5 Å². The Morgan fingerprint density at radius 2 is 2.04 bits per heavy atom. The molecular formula is C20H23N4O3P. The van der Waals surface area contributed by atoms with E-state index >= 15 is 0 Å². The Hall–Kier alpha value is -2.76. The molecule has 146 valence electrons. The number of anilines is 1. The van der Waals surface area contributed by atoms with Crippen molar-refractivity contribution in [3.05, 3.63) is 53.6 Å². The molecule has 0 saturated heterocycles. The molecular weight excluding hydrogens is 375 g/mol. The monoisotopic (exact) mass is 398 g/mol. The number of methoxy groups -OCH3 is 1. The standard InChI is InChI=1S/C20H23N4O3P/c1-12(21)24-17-8-5-14(27-11-19(25)26-2)9-16(17)20(23-10-18(24)22)13-3-6-15(28)7-4-13/h3-9,18,21H,10-11,22,28H2,1-2H3. The van der Waals surface area contributed by atoms with Crippen LogP contribution in [0.2, 0.25) is 0 Å². The van der Waals surface area contributed by atoms with Crippen LogP contribution in [0.3, 0.4) is 0 Å². The summed E-state index contributed by atoms with van der Waals surface area (Å²) in [5.74, 6) is 0.380. The average Bonchev–Trinajstić information content (AvgIpc) is 2.82. The lowest BCUT2D eigenvalue weighted by molar-refractivity contribution is -0.142. The number of aliphatic imine (C=N–C) groups is 1. The fraction of sp³-hybridized carbons (Fsp3) is 0.250. The topological polar surface area (TPSA) is 101 Å². The molecule has 1 heterocycles. The molecule has 0 bridgehead atoms. The molecule has 3 rings (SSSR count). The Morgan fingerprint density at radius 3 is 2.68 bits per heavy atom. The number of benzodiazepines with no additional fused rings is 1. The van der Waals surface area contributed by atoms with Crippen molar-refractivity contribution >= 4 is 37.7 Å². The maximum Gasteiger partial charge on any atom is 0.343 e. The lowest BCUT2D eigenvalue weighted by Crippen LogP contribution is -2.46. The quantitative estimate of drug-likeness (QED) is 0.353. The molecule has 2 atom stereocenters. The van der Waals surface area contributed by atoms with Crippen LogP contribution in [-0.4, -0.2) is 43.9 Å². The zero-order valence-corrected chi connectivity index (χ0v) is 17.0. The molecule has 2 aromatic rings. The Bertz CT molecular complexity index is 928. The molecule has 7 nitrogen and oxygen atoms in total. The van der Waals surface area contributed by atoms with E-state index < -0.39 is 12.1 Å². The first kappa shape index (κ1) is 20.0. The van der Waals surface area contributed by atoms with Crippen molar-refractivity contribution in [2.24, 2.45) is 10.7 Å². The fourth-order valence-electron chi connectivity index (χ4n) is 3.05. The van der Waals surface area contributed by atoms with Crippen LogP contribution >= 0.6 is 9.24 Å². The second-order valence-electron chi connectivity index (χ2n) is 6.38. The highest BCUT2D eigenvalue weighted by molar-refractivity contribution is 7.27. The average molecular weight is 398 g/mol. The molecule has 0 saturated carbocycles. The molecule has 0 aromatic heterocycles. The predicted octanol–water partition coefficient (Wildman–Crippen LogP) is 1.68. The van der Waals surface area contributed by atoms with Gasteiger partial charge in [0, 0.05) is 11.1 Å². The van der Waals surface area contributed by atoms with E-state index in [0.717, 1.165) is 27.8 Å². The first-order chi connectivity index (χ1) is 13.4. The van der Waals surface area contributed by atoms with Gasteiger partial charge in [0.05, 0.1) is 30.9 Å². The maximum atomic E-state index is 11.4. The minimum absolute atomic E-state index is 0.184. The number of carbonyl (C=O) groups excluding carboxylic acids is 1. The lowest BCUT2D eigenvalue weighted by Gasteiger charge is -2.29. The molecule has 2 aromatic carbocycles. The zero-order valence-electron chi connectivity index (χ0n) is 15.8. The zero-order chi connectivity index (χ0) is 20.3. The highest BCUT2D eigenvalue weighted by atomic mass is 31.0. The van der Waals surface area contributed by atoms with Gasteiger partial charge in [-0.2, -0.15) is 0 Å². The minimum atomic E-state index is -0.459. The van der Waals surface area contributed by atoms with Gasteiger partial charge in [-0.05, 0) is 30.4 Å². The summed E-state index contributed by atoms with van der Waals surface area (Å²) in [5.41, 5.74) is 9.57. The Morgan fingerprint density at radius 1 is 1.32 bits per heavy atom. The SMILES string of the molecule is COC(=O)COc1ccc2c(c1)C(c1ccc(P)cc1)=NCC(N)N2C(C)=N. The minimum Gasteiger partial charge on any atom is -0.482 e. The molecule has 0 amide bonds. The van der Waals surface area contributed by atoms with E-state index in [1.807, 2.05) is 36.4 Å². The summed E-state index contributed by atoms with van der Waals surface area (Å²) in [7, 11) is 3.97. The third-order valence-corrected chi connectivity index (χ3v) is 4.77. The third-order valence-electron chi connectivity index (χ3n) is 4.38. The summed E-state index contributed by atoms with van der Waals surface area (Å²) in [6, 6.07) is 13.4. The van der Waals surface area contributed by atoms with Gasteiger partial charge < -0.3 is 20.1 Å². The van der Waals surface area contributed by atoms with Crippen LogP contribution in [-0.2, 0) is 9.53 Å². The van der Waals surface area contributed by atoms with Crippen molar-refractivity contribution in [1.29, 1.82) is 5.41 Å². The first-order valence-electron chi connectivity index (χ1n) is 8.75. The number of benzene rings is 2. The number of carbonyl (C=O) groups is 1. The van der Waals surface area contributed by atoms with E-state index in [0.29, 0.717) is 18.1 Å². The van der Waals surface area contributed by atoms with Gasteiger partial charge in [-0.1, -0.05) is 24.3 Å². The summed E-state index contributed by atoms with van der Waals surface area (Å²) < 4.78 is 10.2. The molecule has 0 spiro atoms. The van der Waals surface area contributed by atoms with Gasteiger partial charge in [0.15, 0.2) is 6.61 Å². The van der Waals surface area contributed by atoms with E-state index in [-0.39, 0.29) is 6.61 Å². The van der Waals surface area contributed by atoms with E-state index in [4.69, 9.17) is 20.9 Å². The van der Waals surface area contributed by atoms with Gasteiger partial charge in [0.2, 0.25) is 0 Å². The second kappa shape index (κ2) is 8.50. The van der Waals surface area contributed by atoms with E-state index in [2.05, 4.69) is 14.0 Å². The maximum absolute atomic E-state index is 11.4. The second-order valence-corrected chi connectivity index (χ2v) is 7.04. The van der Waals surface area contributed by atoms with Crippen LogP contribution < -0.4 is 20.7 Å². The van der Waals surface area contributed by atoms with Crippen molar-refractivity contribution in [3.8, 4) is 5.75 Å². The van der Waals surface area contributed by atoms with E-state index in [1.165, 1.54) is 7.11 Å². The van der Waals surface area contributed by atoms with Crippen LogP contribution in [0, 0.1) is 5.41 Å². The van der Waals surface area contributed by atoms with E-state index in [9.17, 15) is 4.79 Å². The molecule has 0 aliphatic carbocycles. The van der Waals surface area contributed by atoms with Crippen molar-refractivity contribution in [2.45, 2.75) is 13.1 Å². The summed E-state index contributed by atoms with van der Waals surface area (Å²) in [5, 5.41) is 9.23. The van der Waals surface area contributed by atoms with Crippen LogP contribution in [0.5, 0.6) is 5.75 Å². The predicted molar refractivity (Wildman–Crippen MR) is 114 cm³/mol. The molecule has 1 aliphatic rings. The Balaban J connectivity index is 2.09. The number of rotatable bonds is 4. The Labute approximate surface area is 166 Å². The molecule has 0 radical (unpaired) electrons. The molecule has 28 heavy (non-hydrogen) atoms. The molecule has 2 unspecified atom stereocenters. The number of ether oxygens (including phenoxy) is 2. The lowest BCUT2D eigenvalue weighted by atomic mass is 9.99. The van der Waals surface area contributed by atoms with Crippen molar-refractivity contribution in [2.75, 3.05) is 25.2 Å². The van der Waals surface area contributed by atoms with Crippen LogP contribution in [0.4, 0.5) is 5.69 Å². The number of fused-ring (bicyclic) bond motifs is 1. The van der Waals surface area contributed by atoms with Crippen molar-refractivity contribution in [1.82, 2.24) is 0 Å². The smallest absolute Gasteiger partial charge is 0.343 e. The van der Waals surface area contributed by atoms with Gasteiger partial charge >= 0.3 is 5.97 Å². The van der Waals surface area contributed by atoms with Gasteiger partial charge in [-0.3, -0.25) is 10.4 Å². The van der Waals surface area contributed by atoms with Crippen LogP contribution in [0.25, 0.3) is 0 Å². The van der Waals surface area contributed by atoms with Gasteiger partial charge in [-0.25, -0.2) is 4.79 Å². The number of esters is 1.